The van der Waals surface area contributed by atoms with E-state index in [1.54, 1.807) is 0 Å². The average molecular weight is 633 g/mol. The van der Waals surface area contributed by atoms with Crippen molar-refractivity contribution in [1.29, 1.82) is 0 Å². The average Bonchev–Trinajstić information content (AvgIpc) is 3.66. The number of para-hydroxylation sites is 1. The van der Waals surface area contributed by atoms with Gasteiger partial charge in [0.2, 0.25) is 0 Å². The van der Waals surface area contributed by atoms with Crippen molar-refractivity contribution in [3.05, 3.63) is 215 Å². The number of benzene rings is 7. The number of hydrogen-bond donors (Lipinski definition) is 3. The lowest BCUT2D eigenvalue weighted by Gasteiger charge is -2.33. The predicted molar refractivity (Wildman–Crippen MR) is 202 cm³/mol. The van der Waals surface area contributed by atoms with E-state index in [9.17, 15) is 0 Å². The van der Waals surface area contributed by atoms with Crippen molar-refractivity contribution >= 4 is 21.8 Å². The predicted octanol–water partition coefficient (Wildman–Crippen LogP) is 9.65. The van der Waals surface area contributed by atoms with Gasteiger partial charge in [0.05, 0.1) is 22.6 Å². The summed E-state index contributed by atoms with van der Waals surface area (Å²) in [6.07, 6.45) is -0.649. The molecule has 0 saturated carbocycles. The molecule has 0 saturated heterocycles. The van der Waals surface area contributed by atoms with Crippen LogP contribution in [0.1, 0.15) is 45.7 Å². The number of hydrogen-bond acceptors (Lipinski definition) is 3. The number of fused-ring (bicyclic) bond motifs is 7. The number of nitrogens with two attached hydrogens (primary N) is 1. The van der Waals surface area contributed by atoms with E-state index in [1.165, 1.54) is 44.2 Å². The van der Waals surface area contributed by atoms with Crippen LogP contribution in [0.4, 0.5) is 0 Å². The molecule has 0 spiro atoms. The Hall–Kier alpha value is -5.94. The van der Waals surface area contributed by atoms with Crippen LogP contribution in [0, 0.1) is 0 Å². The van der Waals surface area contributed by atoms with Crippen LogP contribution in [-0.2, 0) is 5.41 Å². The van der Waals surface area contributed by atoms with Crippen molar-refractivity contribution in [2.45, 2.75) is 17.7 Å². The maximum atomic E-state index is 6.79. The van der Waals surface area contributed by atoms with Gasteiger partial charge in [-0.2, -0.15) is 0 Å². The van der Waals surface area contributed by atoms with Crippen LogP contribution in [0.5, 0.6) is 0 Å². The van der Waals surface area contributed by atoms with Crippen LogP contribution in [0.25, 0.3) is 32.9 Å². The summed E-state index contributed by atoms with van der Waals surface area (Å²) in [7, 11) is 0. The Balaban J connectivity index is 1.29. The van der Waals surface area contributed by atoms with E-state index in [0.29, 0.717) is 0 Å². The van der Waals surface area contributed by atoms with E-state index < -0.39 is 5.41 Å². The number of nitrogens with zero attached hydrogens (tertiary/aromatic N) is 1. The molecule has 2 unspecified atom stereocenters. The van der Waals surface area contributed by atoms with Crippen LogP contribution in [-0.4, -0.2) is 4.68 Å². The third kappa shape index (κ3) is 4.61. The first kappa shape index (κ1) is 29.2. The summed E-state index contributed by atoms with van der Waals surface area (Å²) in [5.74, 6) is 0. The molecule has 1 heterocycles. The summed E-state index contributed by atoms with van der Waals surface area (Å²) in [4.78, 5) is 0. The quantitative estimate of drug-likeness (QED) is 0.146. The highest BCUT2D eigenvalue weighted by Crippen LogP contribution is 2.58. The van der Waals surface area contributed by atoms with E-state index in [2.05, 4.69) is 173 Å². The maximum Gasteiger partial charge on any atom is 0.119 e. The van der Waals surface area contributed by atoms with E-state index in [1.807, 2.05) is 24.3 Å². The van der Waals surface area contributed by atoms with Gasteiger partial charge in [-0.15, -0.1) is 0 Å². The highest BCUT2D eigenvalue weighted by atomic mass is 15.5. The van der Waals surface area contributed by atoms with Crippen LogP contribution in [0.3, 0.4) is 0 Å². The SMILES string of the molecule is NC(NC(Nn1c2ccccc2c2c3c(ccc21)C(c1ccccc1)(c1ccccc1)c1ccccc1-3)c1ccccc1)c1ccccc1. The summed E-state index contributed by atoms with van der Waals surface area (Å²) >= 11 is 0. The molecule has 4 nitrogen and oxygen atoms in total. The minimum atomic E-state index is -0.462. The lowest BCUT2D eigenvalue weighted by atomic mass is 9.67. The fourth-order valence-electron chi connectivity index (χ4n) is 8.05. The van der Waals surface area contributed by atoms with Crippen molar-refractivity contribution in [3.8, 4) is 11.1 Å². The second-order valence-corrected chi connectivity index (χ2v) is 12.8. The van der Waals surface area contributed by atoms with Crippen molar-refractivity contribution in [1.82, 2.24) is 9.99 Å². The third-order valence-corrected chi connectivity index (χ3v) is 10.2. The molecule has 1 aromatic heterocycles. The van der Waals surface area contributed by atoms with Crippen molar-refractivity contribution in [3.63, 3.8) is 0 Å². The fourth-order valence-corrected chi connectivity index (χ4v) is 8.05. The summed E-state index contributed by atoms with van der Waals surface area (Å²) in [6, 6.07) is 65.0. The normalized spacial score (nSPS) is 14.3. The van der Waals surface area contributed by atoms with Gasteiger partial charge in [-0.25, -0.2) is 0 Å². The van der Waals surface area contributed by atoms with Gasteiger partial charge in [-0.05, 0) is 56.6 Å². The van der Waals surface area contributed by atoms with Gasteiger partial charge >= 0.3 is 0 Å². The molecule has 8 aromatic rings. The summed E-state index contributed by atoms with van der Waals surface area (Å²) in [6.45, 7) is 0. The van der Waals surface area contributed by atoms with Crippen molar-refractivity contribution < 1.29 is 0 Å². The van der Waals surface area contributed by atoms with E-state index >= 15 is 0 Å². The molecule has 4 N–H and O–H groups in total. The zero-order chi connectivity index (χ0) is 32.8. The lowest BCUT2D eigenvalue weighted by molar-refractivity contribution is 0.464. The molecule has 0 aliphatic heterocycles. The first-order valence-corrected chi connectivity index (χ1v) is 16.9. The molecule has 2 atom stereocenters. The molecule has 0 bridgehead atoms. The Bertz CT molecular complexity index is 2360. The second-order valence-electron chi connectivity index (χ2n) is 12.8. The monoisotopic (exact) mass is 632 g/mol. The Kier molecular flexibility index (Phi) is 7.12. The number of nitrogens with one attached hydrogen (secondary N) is 2. The van der Waals surface area contributed by atoms with Crippen LogP contribution < -0.4 is 16.5 Å². The van der Waals surface area contributed by atoms with Crippen LogP contribution >= 0.6 is 0 Å². The Morgan fingerprint density at radius 1 is 0.490 bits per heavy atom. The van der Waals surface area contributed by atoms with Gasteiger partial charge in [-0.1, -0.05) is 170 Å². The van der Waals surface area contributed by atoms with Crippen molar-refractivity contribution in [2.75, 3.05) is 5.43 Å². The summed E-state index contributed by atoms with van der Waals surface area (Å²) in [5.41, 5.74) is 22.2. The van der Waals surface area contributed by atoms with E-state index in [0.717, 1.165) is 22.2 Å². The third-order valence-electron chi connectivity index (χ3n) is 10.2. The van der Waals surface area contributed by atoms with Gasteiger partial charge < -0.3 is 11.2 Å². The topological polar surface area (TPSA) is 55.0 Å². The zero-order valence-electron chi connectivity index (χ0n) is 27.0. The molecule has 1 aliphatic carbocycles. The van der Waals surface area contributed by atoms with Gasteiger partial charge in [0.15, 0.2) is 0 Å². The second kappa shape index (κ2) is 11.9. The minimum Gasteiger partial charge on any atom is -0.312 e. The largest absolute Gasteiger partial charge is 0.312 e. The van der Waals surface area contributed by atoms with E-state index in [4.69, 9.17) is 5.73 Å². The maximum absolute atomic E-state index is 6.79. The highest BCUT2D eigenvalue weighted by Gasteiger charge is 2.47. The summed E-state index contributed by atoms with van der Waals surface area (Å²) < 4.78 is 2.25. The number of aromatic nitrogens is 1. The Labute approximate surface area is 286 Å². The Morgan fingerprint density at radius 2 is 1.04 bits per heavy atom. The molecule has 7 aromatic carbocycles. The highest BCUT2D eigenvalue weighted by molar-refractivity contribution is 6.17. The molecular weight excluding hydrogens is 597 g/mol. The molecule has 0 radical (unpaired) electrons. The molecule has 0 amide bonds. The molecule has 49 heavy (non-hydrogen) atoms. The Morgan fingerprint density at radius 3 is 1.71 bits per heavy atom. The van der Waals surface area contributed by atoms with E-state index in [-0.39, 0.29) is 12.3 Å². The van der Waals surface area contributed by atoms with Crippen LogP contribution in [0.2, 0.25) is 0 Å². The fraction of sp³-hybridized carbons (Fsp3) is 0.0667. The molecular formula is C45H36N4. The first-order chi connectivity index (χ1) is 24.2. The van der Waals surface area contributed by atoms with Gasteiger partial charge in [0, 0.05) is 10.8 Å². The smallest absolute Gasteiger partial charge is 0.119 e. The van der Waals surface area contributed by atoms with Crippen molar-refractivity contribution in [2.24, 2.45) is 5.73 Å². The van der Waals surface area contributed by atoms with Gasteiger partial charge in [0.1, 0.15) is 6.17 Å². The van der Waals surface area contributed by atoms with Crippen LogP contribution in [0.15, 0.2) is 182 Å². The van der Waals surface area contributed by atoms with Gasteiger partial charge in [0.25, 0.3) is 0 Å². The zero-order valence-corrected chi connectivity index (χ0v) is 27.0. The minimum absolute atomic E-state index is 0.274. The summed E-state index contributed by atoms with van der Waals surface area (Å²) in [5, 5.41) is 6.13. The molecule has 1 aliphatic rings. The lowest BCUT2D eigenvalue weighted by Crippen LogP contribution is -2.39. The molecule has 4 heteroatoms. The standard InChI is InChI=1S/C45H36N4/c46-43(31-17-5-1-6-18-31)47-44(32-19-7-2-8-20-32)48-49-39-28-16-14-26-36(39)42-40(49)30-29-38-41(42)35-25-13-15-27-37(35)45(38,33-21-9-3-10-22-33)34-23-11-4-12-24-34/h1-30,43-44,47-48H,46H2. The molecule has 236 valence electrons. The molecule has 0 fully saturated rings. The molecule has 9 rings (SSSR count). The van der Waals surface area contributed by atoms with Gasteiger partial charge in [-0.3, -0.25) is 9.99 Å². The first-order valence-electron chi connectivity index (χ1n) is 16.9. The number of rotatable bonds is 8.